The molecule has 2 N–H and O–H groups in total. The van der Waals surface area contributed by atoms with Crippen molar-refractivity contribution in [2.45, 2.75) is 32.6 Å². The maximum absolute atomic E-state index is 12.5. The van der Waals surface area contributed by atoms with Gasteiger partial charge in [0.1, 0.15) is 5.00 Å². The zero-order valence-corrected chi connectivity index (χ0v) is 17.4. The molecular weight excluding hydrogens is 396 g/mol. The Hall–Kier alpha value is -2.45. The second-order valence-corrected chi connectivity index (χ2v) is 7.80. The third-order valence-electron chi connectivity index (χ3n) is 4.44. The minimum absolute atomic E-state index is 0.311. The number of carbonyl (C=O) groups is 2. The first-order valence-corrected chi connectivity index (χ1v) is 10.3. The summed E-state index contributed by atoms with van der Waals surface area (Å²) in [4.78, 5) is 25.2. The van der Waals surface area contributed by atoms with Crippen molar-refractivity contribution in [3.05, 3.63) is 45.8 Å². The Bertz CT molecular complexity index is 890. The highest BCUT2D eigenvalue weighted by molar-refractivity contribution is 7.80. The van der Waals surface area contributed by atoms with Gasteiger partial charge in [-0.15, -0.1) is 11.3 Å². The molecule has 0 fully saturated rings. The highest BCUT2D eigenvalue weighted by Crippen LogP contribution is 2.38. The van der Waals surface area contributed by atoms with Crippen LogP contribution in [0.15, 0.2) is 24.3 Å². The van der Waals surface area contributed by atoms with Crippen LogP contribution >= 0.6 is 23.6 Å². The van der Waals surface area contributed by atoms with Gasteiger partial charge < -0.3 is 20.1 Å². The minimum atomic E-state index is -0.393. The molecule has 0 saturated heterocycles. The Labute approximate surface area is 173 Å². The average molecular weight is 419 g/mol. The minimum Gasteiger partial charge on any atom is -0.465 e. The van der Waals surface area contributed by atoms with Crippen molar-refractivity contribution in [3.8, 4) is 0 Å². The average Bonchev–Trinajstić information content (AvgIpc) is 3.05. The normalized spacial score (nSPS) is 12.6. The van der Waals surface area contributed by atoms with E-state index < -0.39 is 5.97 Å². The molecular formula is C20H22N2O4S2. The highest BCUT2D eigenvalue weighted by atomic mass is 32.1. The number of hydrogen-bond acceptors (Lipinski definition) is 6. The van der Waals surface area contributed by atoms with Crippen molar-refractivity contribution < 1.29 is 19.1 Å². The summed E-state index contributed by atoms with van der Waals surface area (Å²) in [5, 5.41) is 7.31. The van der Waals surface area contributed by atoms with Crippen LogP contribution < -0.4 is 10.6 Å². The van der Waals surface area contributed by atoms with Crippen LogP contribution in [-0.4, -0.2) is 30.8 Å². The van der Waals surface area contributed by atoms with E-state index in [1.54, 1.807) is 42.5 Å². The van der Waals surface area contributed by atoms with E-state index in [-0.39, 0.29) is 5.97 Å². The molecule has 28 heavy (non-hydrogen) atoms. The van der Waals surface area contributed by atoms with Gasteiger partial charge in [0.25, 0.3) is 0 Å². The zero-order chi connectivity index (χ0) is 20.1. The Morgan fingerprint density at radius 3 is 2.50 bits per heavy atom. The fourth-order valence-electron chi connectivity index (χ4n) is 3.15. The summed E-state index contributed by atoms with van der Waals surface area (Å²) in [6.45, 7) is 2.13. The largest absolute Gasteiger partial charge is 0.465 e. The van der Waals surface area contributed by atoms with E-state index in [1.165, 1.54) is 12.0 Å². The van der Waals surface area contributed by atoms with Crippen molar-refractivity contribution in [2.24, 2.45) is 0 Å². The monoisotopic (exact) mass is 418 g/mol. The van der Waals surface area contributed by atoms with Crippen molar-refractivity contribution in [2.75, 3.05) is 24.4 Å². The Kier molecular flexibility index (Phi) is 6.64. The molecule has 6 nitrogen and oxygen atoms in total. The number of rotatable bonds is 5. The van der Waals surface area contributed by atoms with Crippen LogP contribution in [-0.2, 0) is 22.3 Å². The molecule has 0 aliphatic heterocycles. The lowest BCUT2D eigenvalue weighted by Crippen LogP contribution is -2.20. The smallest absolute Gasteiger partial charge is 0.341 e. The van der Waals surface area contributed by atoms with Gasteiger partial charge in [-0.05, 0) is 74.7 Å². The molecule has 0 amide bonds. The van der Waals surface area contributed by atoms with Crippen LogP contribution in [0.1, 0.15) is 50.9 Å². The lowest BCUT2D eigenvalue weighted by Gasteiger charge is -2.13. The van der Waals surface area contributed by atoms with E-state index in [0.29, 0.717) is 27.8 Å². The number of ether oxygens (including phenoxy) is 2. The van der Waals surface area contributed by atoms with Gasteiger partial charge in [0.05, 0.1) is 24.8 Å². The molecule has 0 saturated carbocycles. The molecule has 1 heterocycles. The number of methoxy groups -OCH3 is 1. The fourth-order valence-corrected chi connectivity index (χ4v) is 4.71. The topological polar surface area (TPSA) is 76.7 Å². The van der Waals surface area contributed by atoms with E-state index in [4.69, 9.17) is 21.7 Å². The summed E-state index contributed by atoms with van der Waals surface area (Å²) in [7, 11) is 1.34. The van der Waals surface area contributed by atoms with Gasteiger partial charge >= 0.3 is 11.9 Å². The molecule has 0 bridgehead atoms. The maximum atomic E-state index is 12.5. The van der Waals surface area contributed by atoms with E-state index in [1.807, 2.05) is 0 Å². The zero-order valence-electron chi connectivity index (χ0n) is 15.8. The van der Waals surface area contributed by atoms with Crippen molar-refractivity contribution in [1.29, 1.82) is 0 Å². The second-order valence-electron chi connectivity index (χ2n) is 6.28. The quantitative estimate of drug-likeness (QED) is 0.550. The number of fused-ring (bicyclic) bond motifs is 1. The van der Waals surface area contributed by atoms with Crippen molar-refractivity contribution >= 4 is 51.3 Å². The van der Waals surface area contributed by atoms with E-state index >= 15 is 0 Å². The number of thiophene rings is 1. The summed E-state index contributed by atoms with van der Waals surface area (Å²) < 4.78 is 9.95. The van der Waals surface area contributed by atoms with Gasteiger partial charge in [0.2, 0.25) is 0 Å². The molecule has 1 aromatic carbocycles. The summed E-state index contributed by atoms with van der Waals surface area (Å²) in [6.07, 6.45) is 4.06. The third kappa shape index (κ3) is 4.51. The number of benzene rings is 1. The van der Waals surface area contributed by atoms with Gasteiger partial charge in [-0.3, -0.25) is 0 Å². The van der Waals surface area contributed by atoms with E-state index in [0.717, 1.165) is 36.9 Å². The highest BCUT2D eigenvalue weighted by Gasteiger charge is 2.26. The van der Waals surface area contributed by atoms with Gasteiger partial charge in [0, 0.05) is 10.6 Å². The van der Waals surface area contributed by atoms with Crippen LogP contribution in [0, 0.1) is 0 Å². The number of nitrogens with one attached hydrogen (secondary N) is 2. The van der Waals surface area contributed by atoms with Gasteiger partial charge in [0.15, 0.2) is 5.11 Å². The van der Waals surface area contributed by atoms with Crippen LogP contribution in [0.4, 0.5) is 10.7 Å². The number of thiocarbonyl (C=S) groups is 1. The summed E-state index contributed by atoms with van der Waals surface area (Å²) in [5.74, 6) is -0.704. The van der Waals surface area contributed by atoms with E-state index in [9.17, 15) is 9.59 Å². The molecule has 148 valence electrons. The molecule has 1 aliphatic carbocycles. The molecule has 0 radical (unpaired) electrons. The lowest BCUT2D eigenvalue weighted by atomic mass is 9.95. The number of anilines is 2. The van der Waals surface area contributed by atoms with Crippen molar-refractivity contribution in [3.63, 3.8) is 0 Å². The standard InChI is InChI=1S/C20H22N2O4S2/c1-3-26-19(24)16-14-6-4-5-7-15(14)28-17(16)22-20(27)21-13-10-8-12(9-11-13)18(23)25-2/h8-11H,3-7H2,1-2H3,(H2,21,22,27). The number of carbonyl (C=O) groups excluding carboxylic acids is 2. The van der Waals surface area contributed by atoms with Crippen molar-refractivity contribution in [1.82, 2.24) is 0 Å². The summed E-state index contributed by atoms with van der Waals surface area (Å²) in [5.41, 5.74) is 2.88. The van der Waals surface area contributed by atoms with Gasteiger partial charge in [-0.25, -0.2) is 9.59 Å². The number of hydrogen-bond donors (Lipinski definition) is 2. The SMILES string of the molecule is CCOC(=O)c1c(NC(=S)Nc2ccc(C(=O)OC)cc2)sc2c1CCCC2. The molecule has 1 aromatic heterocycles. The number of aryl methyl sites for hydroxylation is 1. The third-order valence-corrected chi connectivity index (χ3v) is 5.85. The Morgan fingerprint density at radius 1 is 1.11 bits per heavy atom. The summed E-state index contributed by atoms with van der Waals surface area (Å²) in [6, 6.07) is 6.80. The van der Waals surface area contributed by atoms with Gasteiger partial charge in [-0.1, -0.05) is 0 Å². The molecule has 2 aromatic rings. The first-order valence-electron chi connectivity index (χ1n) is 9.11. The van der Waals surface area contributed by atoms with Crippen LogP contribution in [0.3, 0.4) is 0 Å². The summed E-state index contributed by atoms with van der Waals surface area (Å²) >= 11 is 6.98. The van der Waals surface area contributed by atoms with E-state index in [2.05, 4.69) is 10.6 Å². The van der Waals surface area contributed by atoms with Crippen LogP contribution in [0.2, 0.25) is 0 Å². The molecule has 1 aliphatic rings. The predicted molar refractivity (Wildman–Crippen MR) is 115 cm³/mol. The fraction of sp³-hybridized carbons (Fsp3) is 0.350. The maximum Gasteiger partial charge on any atom is 0.341 e. The second kappa shape index (κ2) is 9.16. The lowest BCUT2D eigenvalue weighted by molar-refractivity contribution is 0.0525. The molecule has 0 atom stereocenters. The Balaban J connectivity index is 1.75. The molecule has 0 unspecified atom stereocenters. The predicted octanol–water partition coefficient (Wildman–Crippen LogP) is 4.40. The molecule has 0 spiro atoms. The molecule has 3 rings (SSSR count). The first kappa shape index (κ1) is 20.3. The van der Waals surface area contributed by atoms with Crippen LogP contribution in [0.25, 0.3) is 0 Å². The number of esters is 2. The Morgan fingerprint density at radius 2 is 1.82 bits per heavy atom. The molecule has 8 heteroatoms. The first-order chi connectivity index (χ1) is 13.5. The van der Waals surface area contributed by atoms with Crippen LogP contribution in [0.5, 0.6) is 0 Å². The van der Waals surface area contributed by atoms with Gasteiger partial charge in [-0.2, -0.15) is 0 Å².